The van der Waals surface area contributed by atoms with E-state index in [-0.39, 0.29) is 5.75 Å². The second-order valence-corrected chi connectivity index (χ2v) is 8.99. The van der Waals surface area contributed by atoms with Crippen molar-refractivity contribution in [2.24, 2.45) is 0 Å². The van der Waals surface area contributed by atoms with Gasteiger partial charge in [0.2, 0.25) is 0 Å². The van der Waals surface area contributed by atoms with Crippen LogP contribution in [0, 0.1) is 5.82 Å². The van der Waals surface area contributed by atoms with Crippen LogP contribution in [0.5, 0.6) is 5.75 Å². The summed E-state index contributed by atoms with van der Waals surface area (Å²) >= 11 is 0. The fraction of sp³-hybridized carbons (Fsp3) is 0.333. The topological polar surface area (TPSA) is 20.2 Å². The number of halogens is 1. The molecule has 0 radical (unpaired) electrons. The molecule has 0 unspecified atom stereocenters. The summed E-state index contributed by atoms with van der Waals surface area (Å²) in [5.74, 6) is -0.785. The van der Waals surface area contributed by atoms with E-state index >= 15 is 0 Å². The van der Waals surface area contributed by atoms with Gasteiger partial charge < -0.3 is 5.11 Å². The Kier molecular flexibility index (Phi) is 2.24. The van der Waals surface area contributed by atoms with Crippen molar-refractivity contribution in [1.29, 1.82) is 0 Å². The summed E-state index contributed by atoms with van der Waals surface area (Å²) in [6.07, 6.45) is 0. The molecule has 0 amide bonds. The number of hydrogen-bond acceptors (Lipinski definition) is 1. The van der Waals surface area contributed by atoms with Gasteiger partial charge >= 0.3 is 0 Å². The molecule has 12 heavy (non-hydrogen) atoms. The minimum atomic E-state index is -1.44. The highest BCUT2D eigenvalue weighted by molar-refractivity contribution is 6.88. The third-order valence-electron chi connectivity index (χ3n) is 1.81. The lowest BCUT2D eigenvalue weighted by Crippen LogP contribution is -2.37. The summed E-state index contributed by atoms with van der Waals surface area (Å²) in [5, 5.41) is 9.98. The largest absolute Gasteiger partial charge is 0.505 e. The molecule has 1 aromatic rings. The van der Waals surface area contributed by atoms with Crippen molar-refractivity contribution in [3.8, 4) is 5.75 Å². The second kappa shape index (κ2) is 2.90. The van der Waals surface area contributed by atoms with E-state index in [2.05, 4.69) is 19.6 Å². The zero-order chi connectivity index (χ0) is 9.35. The van der Waals surface area contributed by atoms with Crippen molar-refractivity contribution < 1.29 is 9.50 Å². The molecule has 0 saturated carbocycles. The van der Waals surface area contributed by atoms with Crippen molar-refractivity contribution >= 4 is 13.3 Å². The van der Waals surface area contributed by atoms with Crippen LogP contribution in [0.3, 0.4) is 0 Å². The van der Waals surface area contributed by atoms with Gasteiger partial charge in [-0.25, -0.2) is 4.39 Å². The van der Waals surface area contributed by atoms with Crippen molar-refractivity contribution in [3.63, 3.8) is 0 Å². The Hall–Kier alpha value is -0.833. The summed E-state index contributed by atoms with van der Waals surface area (Å²) in [4.78, 5) is 0. The molecule has 66 valence electrons. The van der Waals surface area contributed by atoms with Crippen LogP contribution >= 0.6 is 0 Å². The third kappa shape index (κ3) is 1.85. The summed E-state index contributed by atoms with van der Waals surface area (Å²) < 4.78 is 12.9. The van der Waals surface area contributed by atoms with Crippen LogP contribution in [0.25, 0.3) is 0 Å². The van der Waals surface area contributed by atoms with Gasteiger partial charge in [-0.05, 0) is 12.1 Å². The molecule has 3 heteroatoms. The maximum atomic E-state index is 12.9. The van der Waals surface area contributed by atoms with Crippen LogP contribution in [-0.2, 0) is 0 Å². The maximum Gasteiger partial charge on any atom is 0.164 e. The SMILES string of the molecule is C[Si](C)(C)c1ccc(O)c(F)c1. The van der Waals surface area contributed by atoms with Gasteiger partial charge in [0, 0.05) is 0 Å². The van der Waals surface area contributed by atoms with Gasteiger partial charge in [0.1, 0.15) is 0 Å². The summed E-state index contributed by atoms with van der Waals surface area (Å²) in [6, 6.07) is 4.65. The first-order chi connectivity index (χ1) is 5.41. The molecular weight excluding hydrogens is 171 g/mol. The van der Waals surface area contributed by atoms with E-state index in [9.17, 15) is 4.39 Å². The highest BCUT2D eigenvalue weighted by Gasteiger charge is 2.17. The van der Waals surface area contributed by atoms with Gasteiger partial charge in [-0.1, -0.05) is 30.9 Å². The van der Waals surface area contributed by atoms with Crippen LogP contribution < -0.4 is 5.19 Å². The van der Waals surface area contributed by atoms with Gasteiger partial charge in [0.05, 0.1) is 8.07 Å². The number of benzene rings is 1. The van der Waals surface area contributed by atoms with Crippen LogP contribution in [0.1, 0.15) is 0 Å². The van der Waals surface area contributed by atoms with Crippen molar-refractivity contribution in [2.45, 2.75) is 19.6 Å². The number of aromatic hydroxyl groups is 1. The van der Waals surface area contributed by atoms with Gasteiger partial charge in [-0.15, -0.1) is 0 Å². The molecule has 1 N–H and O–H groups in total. The minimum absolute atomic E-state index is 0.267. The van der Waals surface area contributed by atoms with Crippen LogP contribution in [0.2, 0.25) is 19.6 Å². The first-order valence-electron chi connectivity index (χ1n) is 3.90. The van der Waals surface area contributed by atoms with Crippen molar-refractivity contribution in [3.05, 3.63) is 24.0 Å². The molecule has 0 aromatic heterocycles. The third-order valence-corrected chi connectivity index (χ3v) is 3.86. The summed E-state index contributed by atoms with van der Waals surface area (Å²) in [6.45, 7) is 6.41. The molecule has 0 aliphatic heterocycles. The predicted octanol–water partition coefficient (Wildman–Crippen LogP) is 2.08. The molecule has 1 nitrogen and oxygen atoms in total. The zero-order valence-corrected chi connectivity index (χ0v) is 8.56. The number of phenols is 1. The molecule has 0 atom stereocenters. The second-order valence-electron chi connectivity index (χ2n) is 3.92. The monoisotopic (exact) mass is 184 g/mol. The average molecular weight is 184 g/mol. The molecule has 0 fully saturated rings. The van der Waals surface area contributed by atoms with Gasteiger partial charge in [0.15, 0.2) is 11.6 Å². The van der Waals surface area contributed by atoms with Gasteiger partial charge in [-0.2, -0.15) is 0 Å². The first-order valence-corrected chi connectivity index (χ1v) is 7.40. The van der Waals surface area contributed by atoms with E-state index in [1.165, 1.54) is 12.1 Å². The smallest absolute Gasteiger partial charge is 0.164 e. The Morgan fingerprint density at radius 3 is 2.25 bits per heavy atom. The van der Waals surface area contributed by atoms with Crippen molar-refractivity contribution in [1.82, 2.24) is 0 Å². The zero-order valence-electron chi connectivity index (χ0n) is 7.56. The Labute approximate surface area is 72.9 Å². The van der Waals surface area contributed by atoms with Gasteiger partial charge in [0.25, 0.3) is 0 Å². The molecule has 0 aliphatic rings. The fourth-order valence-corrected chi connectivity index (χ4v) is 2.12. The lowest BCUT2D eigenvalue weighted by atomic mass is 10.3. The highest BCUT2D eigenvalue weighted by Crippen LogP contribution is 2.13. The van der Waals surface area contributed by atoms with Crippen LogP contribution in [0.4, 0.5) is 4.39 Å². The lowest BCUT2D eigenvalue weighted by molar-refractivity contribution is 0.433. The summed E-state index contributed by atoms with van der Waals surface area (Å²) in [5.41, 5.74) is 0. The first kappa shape index (κ1) is 9.26. The highest BCUT2D eigenvalue weighted by atomic mass is 28.3. The minimum Gasteiger partial charge on any atom is -0.505 e. The van der Waals surface area contributed by atoms with Crippen molar-refractivity contribution in [2.75, 3.05) is 0 Å². The quantitative estimate of drug-likeness (QED) is 0.662. The van der Waals surface area contributed by atoms with Crippen LogP contribution in [-0.4, -0.2) is 13.2 Å². The molecular formula is C9H13FOSi. The molecule has 0 heterocycles. The number of phenolic OH excluding ortho intramolecular Hbond substituents is 1. The maximum absolute atomic E-state index is 12.9. The van der Waals surface area contributed by atoms with Crippen LogP contribution in [0.15, 0.2) is 18.2 Å². The fourth-order valence-electron chi connectivity index (χ4n) is 0.973. The van der Waals surface area contributed by atoms with E-state index in [4.69, 9.17) is 5.11 Å². The lowest BCUT2D eigenvalue weighted by Gasteiger charge is -2.16. The molecule has 0 saturated heterocycles. The predicted molar refractivity (Wildman–Crippen MR) is 51.0 cm³/mol. The van der Waals surface area contributed by atoms with Gasteiger partial charge in [-0.3, -0.25) is 0 Å². The Bertz CT molecular complexity index is 291. The molecule has 1 aromatic carbocycles. The molecule has 0 aliphatic carbocycles. The standard InChI is InChI=1S/C9H13FOSi/c1-12(2,3)7-4-5-9(11)8(10)6-7/h4-6,11H,1-3H3. The summed E-state index contributed by atoms with van der Waals surface area (Å²) in [7, 11) is -1.44. The molecule has 0 bridgehead atoms. The Morgan fingerprint density at radius 1 is 1.25 bits per heavy atom. The molecule has 1 rings (SSSR count). The van der Waals surface area contributed by atoms with E-state index in [0.717, 1.165) is 5.19 Å². The van der Waals surface area contributed by atoms with E-state index in [0.29, 0.717) is 0 Å². The average Bonchev–Trinajstić information content (AvgIpc) is 1.92. The Balaban J connectivity index is 3.14. The number of hydrogen-bond donors (Lipinski definition) is 1. The van der Waals surface area contributed by atoms with E-state index in [1.807, 2.05) is 0 Å². The number of rotatable bonds is 1. The molecule has 0 spiro atoms. The Morgan fingerprint density at radius 2 is 1.83 bits per heavy atom. The van der Waals surface area contributed by atoms with E-state index < -0.39 is 13.9 Å². The van der Waals surface area contributed by atoms with E-state index in [1.54, 1.807) is 6.07 Å². The normalized spacial score (nSPS) is 11.7.